The van der Waals surface area contributed by atoms with Crippen molar-refractivity contribution in [1.82, 2.24) is 10.2 Å². The minimum absolute atomic E-state index is 0.0507. The van der Waals surface area contributed by atoms with E-state index >= 15 is 0 Å². The molecular weight excluding hydrogens is 208 g/mol. The van der Waals surface area contributed by atoms with E-state index in [1.165, 1.54) is 11.8 Å². The highest BCUT2D eigenvalue weighted by molar-refractivity contribution is 5.90. The van der Waals surface area contributed by atoms with Crippen LogP contribution in [0.3, 0.4) is 0 Å². The van der Waals surface area contributed by atoms with E-state index in [2.05, 4.69) is 5.32 Å². The Labute approximate surface area is 96.1 Å². The first-order valence-electron chi connectivity index (χ1n) is 5.38. The summed E-state index contributed by atoms with van der Waals surface area (Å²) < 4.78 is 5.21. The lowest BCUT2D eigenvalue weighted by Gasteiger charge is -2.48. The Morgan fingerprint density at radius 3 is 2.12 bits per heavy atom. The first-order chi connectivity index (χ1) is 7.20. The van der Waals surface area contributed by atoms with Gasteiger partial charge in [0.15, 0.2) is 5.78 Å². The maximum absolute atomic E-state index is 11.6. The zero-order chi connectivity index (χ0) is 12.6. The van der Waals surface area contributed by atoms with Crippen molar-refractivity contribution in [2.75, 3.05) is 20.1 Å². The van der Waals surface area contributed by atoms with Gasteiger partial charge in [-0.3, -0.25) is 4.79 Å². The van der Waals surface area contributed by atoms with Crippen LogP contribution in [0.15, 0.2) is 0 Å². The van der Waals surface area contributed by atoms with Crippen LogP contribution in [0, 0.1) is 0 Å². The van der Waals surface area contributed by atoms with E-state index < -0.39 is 11.1 Å². The summed E-state index contributed by atoms with van der Waals surface area (Å²) in [5, 5.41) is 2.96. The molecule has 0 aromatic rings. The first-order valence-corrected chi connectivity index (χ1v) is 5.38. The summed E-state index contributed by atoms with van der Waals surface area (Å²) in [7, 11) is 1.73. The molecule has 0 aliphatic carbocycles. The van der Waals surface area contributed by atoms with Gasteiger partial charge in [-0.2, -0.15) is 0 Å². The number of ether oxygens (including phenoxy) is 1. The van der Waals surface area contributed by atoms with Gasteiger partial charge in [0.25, 0.3) is 0 Å². The van der Waals surface area contributed by atoms with Crippen LogP contribution in [0.25, 0.3) is 0 Å². The summed E-state index contributed by atoms with van der Waals surface area (Å²) >= 11 is 0. The number of nitrogens with zero attached hydrogens (tertiary/aromatic N) is 1. The van der Waals surface area contributed by atoms with E-state index in [4.69, 9.17) is 4.74 Å². The quantitative estimate of drug-likeness (QED) is 0.759. The van der Waals surface area contributed by atoms with E-state index in [1.807, 2.05) is 20.8 Å². The lowest BCUT2D eigenvalue weighted by Crippen LogP contribution is -2.73. The third kappa shape index (κ3) is 2.52. The van der Waals surface area contributed by atoms with E-state index in [9.17, 15) is 9.59 Å². The highest BCUT2D eigenvalue weighted by Gasteiger charge is 2.48. The molecule has 0 aromatic carbocycles. The van der Waals surface area contributed by atoms with Gasteiger partial charge < -0.3 is 15.0 Å². The van der Waals surface area contributed by atoms with Crippen molar-refractivity contribution in [3.63, 3.8) is 0 Å². The number of hydrogen-bond donors (Lipinski definition) is 1. The van der Waals surface area contributed by atoms with Crippen molar-refractivity contribution in [2.45, 2.75) is 38.8 Å². The van der Waals surface area contributed by atoms with Gasteiger partial charge >= 0.3 is 6.09 Å². The van der Waals surface area contributed by atoms with Crippen LogP contribution < -0.4 is 5.32 Å². The molecule has 5 nitrogen and oxygen atoms in total. The fourth-order valence-electron chi connectivity index (χ4n) is 1.62. The van der Waals surface area contributed by atoms with Crippen LogP contribution >= 0.6 is 0 Å². The summed E-state index contributed by atoms with van der Waals surface area (Å²) in [6.45, 7) is 7.76. The smallest absolute Gasteiger partial charge is 0.410 e. The number of ketones is 1. The molecule has 1 fully saturated rings. The number of nitrogens with one attached hydrogen (secondary N) is 1. The van der Waals surface area contributed by atoms with Crippen LogP contribution in [0.1, 0.15) is 27.7 Å². The van der Waals surface area contributed by atoms with Gasteiger partial charge in [0.2, 0.25) is 0 Å². The minimum atomic E-state index is -0.573. The lowest BCUT2D eigenvalue weighted by molar-refractivity contribution is -0.129. The Hall–Kier alpha value is -1.10. The topological polar surface area (TPSA) is 58.6 Å². The van der Waals surface area contributed by atoms with Crippen molar-refractivity contribution in [3.8, 4) is 0 Å². The van der Waals surface area contributed by atoms with Crippen LogP contribution in [0.4, 0.5) is 4.79 Å². The van der Waals surface area contributed by atoms with E-state index in [1.54, 1.807) is 7.05 Å². The Bertz CT molecular complexity index is 301. The molecule has 16 heavy (non-hydrogen) atoms. The molecule has 1 N–H and O–H groups in total. The van der Waals surface area contributed by atoms with Gasteiger partial charge in [-0.25, -0.2) is 4.79 Å². The number of rotatable bonds is 2. The largest absolute Gasteiger partial charge is 0.444 e. The number of amides is 1. The van der Waals surface area contributed by atoms with Gasteiger partial charge in [0.1, 0.15) is 11.1 Å². The molecule has 0 aromatic heterocycles. The summed E-state index contributed by atoms with van der Waals surface area (Å²) in [4.78, 5) is 24.6. The molecule has 1 aliphatic heterocycles. The summed E-state index contributed by atoms with van der Waals surface area (Å²) in [5.74, 6) is 0.0507. The van der Waals surface area contributed by atoms with Gasteiger partial charge in [0, 0.05) is 0 Å². The van der Waals surface area contributed by atoms with E-state index in [-0.39, 0.29) is 11.9 Å². The van der Waals surface area contributed by atoms with Crippen molar-refractivity contribution < 1.29 is 14.3 Å². The summed E-state index contributed by atoms with van der Waals surface area (Å²) in [6, 6.07) is 0. The van der Waals surface area contributed by atoms with E-state index in [0.29, 0.717) is 13.1 Å². The molecular formula is C11H20N2O3. The zero-order valence-corrected chi connectivity index (χ0v) is 10.6. The number of likely N-dealkylation sites (tertiary alicyclic amines) is 1. The van der Waals surface area contributed by atoms with Crippen LogP contribution in [-0.2, 0) is 9.53 Å². The highest BCUT2D eigenvalue weighted by Crippen LogP contribution is 2.23. The Morgan fingerprint density at radius 2 is 1.81 bits per heavy atom. The molecule has 5 heteroatoms. The number of carbonyl (C=O) groups is 2. The maximum Gasteiger partial charge on any atom is 0.410 e. The summed E-state index contributed by atoms with van der Waals surface area (Å²) in [5.41, 5.74) is -1.07. The summed E-state index contributed by atoms with van der Waals surface area (Å²) in [6.07, 6.45) is -0.361. The third-order valence-corrected chi connectivity index (χ3v) is 2.73. The van der Waals surface area contributed by atoms with Crippen molar-refractivity contribution in [1.29, 1.82) is 0 Å². The molecule has 92 valence electrons. The van der Waals surface area contributed by atoms with Gasteiger partial charge in [-0.1, -0.05) is 0 Å². The van der Waals surface area contributed by atoms with Crippen molar-refractivity contribution >= 4 is 11.9 Å². The van der Waals surface area contributed by atoms with Crippen LogP contribution in [0.2, 0.25) is 0 Å². The molecule has 0 atom stereocenters. The van der Waals surface area contributed by atoms with Gasteiger partial charge in [0.05, 0.1) is 13.1 Å². The second kappa shape index (κ2) is 4.05. The molecule has 0 saturated carbocycles. The number of hydrogen-bond acceptors (Lipinski definition) is 4. The fraction of sp³-hybridized carbons (Fsp3) is 0.818. The van der Waals surface area contributed by atoms with Gasteiger partial charge in [-0.15, -0.1) is 0 Å². The predicted octanol–water partition coefficient (Wildman–Crippen LogP) is 0.784. The molecule has 1 aliphatic rings. The first kappa shape index (κ1) is 13.0. The molecule has 1 rings (SSSR count). The van der Waals surface area contributed by atoms with Gasteiger partial charge in [-0.05, 0) is 34.7 Å². The number of carbonyl (C=O) groups excluding carboxylic acids is 2. The standard InChI is InChI=1S/C11H20N2O3/c1-8(14)11(12-5)6-13(7-11)9(15)16-10(2,3)4/h12H,6-7H2,1-5H3. The van der Waals surface area contributed by atoms with Crippen molar-refractivity contribution in [3.05, 3.63) is 0 Å². The molecule has 1 amide bonds. The zero-order valence-electron chi connectivity index (χ0n) is 10.6. The Kier molecular flexibility index (Phi) is 3.28. The Balaban J connectivity index is 2.52. The number of likely N-dealkylation sites (N-methyl/N-ethyl adjacent to an activating group) is 1. The normalized spacial score (nSPS) is 18.9. The molecule has 0 bridgehead atoms. The number of Topliss-reactive ketones (excluding diaryl/α,β-unsaturated/α-hetero) is 1. The average Bonchev–Trinajstić information content (AvgIpc) is 1.98. The second-order valence-corrected chi connectivity index (χ2v) is 5.22. The SMILES string of the molecule is CNC1(C(C)=O)CN(C(=O)OC(C)(C)C)C1. The van der Waals surface area contributed by atoms with Crippen LogP contribution in [-0.4, -0.2) is 48.1 Å². The van der Waals surface area contributed by atoms with E-state index in [0.717, 1.165) is 0 Å². The molecule has 0 radical (unpaired) electrons. The average molecular weight is 228 g/mol. The minimum Gasteiger partial charge on any atom is -0.444 e. The lowest BCUT2D eigenvalue weighted by atomic mass is 9.86. The van der Waals surface area contributed by atoms with Crippen molar-refractivity contribution in [2.24, 2.45) is 0 Å². The highest BCUT2D eigenvalue weighted by atomic mass is 16.6. The monoisotopic (exact) mass is 228 g/mol. The maximum atomic E-state index is 11.6. The predicted molar refractivity (Wildman–Crippen MR) is 60.3 cm³/mol. The molecule has 0 unspecified atom stereocenters. The molecule has 0 spiro atoms. The molecule has 1 saturated heterocycles. The Morgan fingerprint density at radius 1 is 1.31 bits per heavy atom. The third-order valence-electron chi connectivity index (χ3n) is 2.73. The van der Waals surface area contributed by atoms with Crippen LogP contribution in [0.5, 0.6) is 0 Å². The second-order valence-electron chi connectivity index (χ2n) is 5.22. The molecule has 1 heterocycles. The fourth-order valence-corrected chi connectivity index (χ4v) is 1.62.